The van der Waals surface area contributed by atoms with Gasteiger partial charge in [-0.1, -0.05) is 23.8 Å². The van der Waals surface area contributed by atoms with Crippen LogP contribution >= 0.6 is 0 Å². The number of allylic oxidation sites excluding steroid dienone is 4. The van der Waals surface area contributed by atoms with Gasteiger partial charge in [-0.3, -0.25) is 0 Å². The van der Waals surface area contributed by atoms with Gasteiger partial charge < -0.3 is 14.8 Å². The number of alkyl carbamates (subject to hydrolysis) is 1. The van der Waals surface area contributed by atoms with Crippen LogP contribution in [0.25, 0.3) is 0 Å². The van der Waals surface area contributed by atoms with Crippen LogP contribution in [0.4, 0.5) is 13.6 Å². The van der Waals surface area contributed by atoms with Crippen molar-refractivity contribution in [3.05, 3.63) is 53.6 Å². The Kier molecular flexibility index (Phi) is 7.39. The quantitative estimate of drug-likeness (QED) is 0.700. The lowest BCUT2D eigenvalue weighted by atomic mass is 10.0. The lowest BCUT2D eigenvalue weighted by Gasteiger charge is -2.24. The summed E-state index contributed by atoms with van der Waals surface area (Å²) in [6.45, 7) is 5.43. The molecule has 1 amide bonds. The Bertz CT molecular complexity index is 688. The van der Waals surface area contributed by atoms with Gasteiger partial charge in [-0.15, -0.1) is 0 Å². The monoisotopic (exact) mass is 379 g/mol. The largest absolute Gasteiger partial charge is 0.491 e. The molecule has 0 saturated heterocycles. The van der Waals surface area contributed by atoms with Crippen molar-refractivity contribution in [1.29, 1.82) is 0 Å². The first-order chi connectivity index (χ1) is 12.7. The molecule has 1 aliphatic carbocycles. The second-order valence-electron chi connectivity index (χ2n) is 7.56. The van der Waals surface area contributed by atoms with Crippen molar-refractivity contribution in [2.75, 3.05) is 6.61 Å². The molecule has 0 unspecified atom stereocenters. The third kappa shape index (κ3) is 8.24. The molecule has 1 N–H and O–H groups in total. The molecule has 27 heavy (non-hydrogen) atoms. The smallest absolute Gasteiger partial charge is 0.407 e. The molecule has 0 aliphatic heterocycles. The van der Waals surface area contributed by atoms with Gasteiger partial charge in [0.15, 0.2) is 0 Å². The number of rotatable bonds is 7. The SMILES string of the molecule is CC(C)(C)OC(=O)N[C@H](CCC1=CCCC=C1)COc1cc(F)cc(F)c1. The number of hydrogen-bond acceptors (Lipinski definition) is 3. The highest BCUT2D eigenvalue weighted by Crippen LogP contribution is 2.19. The van der Waals surface area contributed by atoms with Gasteiger partial charge in [-0.2, -0.15) is 0 Å². The number of ether oxygens (including phenoxy) is 2. The van der Waals surface area contributed by atoms with E-state index in [4.69, 9.17) is 9.47 Å². The van der Waals surface area contributed by atoms with Crippen LogP contribution in [0.2, 0.25) is 0 Å². The number of hydrogen-bond donors (Lipinski definition) is 1. The van der Waals surface area contributed by atoms with E-state index in [0.29, 0.717) is 6.42 Å². The van der Waals surface area contributed by atoms with Crippen LogP contribution in [0, 0.1) is 11.6 Å². The molecule has 0 fully saturated rings. The average Bonchev–Trinajstić information content (AvgIpc) is 2.55. The predicted molar refractivity (Wildman–Crippen MR) is 101 cm³/mol. The second-order valence-corrected chi connectivity index (χ2v) is 7.56. The van der Waals surface area contributed by atoms with Crippen molar-refractivity contribution < 1.29 is 23.0 Å². The van der Waals surface area contributed by atoms with Gasteiger partial charge in [-0.05, 0) is 46.5 Å². The van der Waals surface area contributed by atoms with Crippen LogP contribution < -0.4 is 10.1 Å². The standard InChI is InChI=1S/C21H27F2NO3/c1-21(2,3)27-20(25)24-18(10-9-15-7-5-4-6-8-15)14-26-19-12-16(22)11-17(23)13-19/h5,7-8,11-13,18H,4,6,9-10,14H2,1-3H3,(H,24,25)/t18-/m1/s1. The molecule has 1 atom stereocenters. The van der Waals surface area contributed by atoms with Crippen molar-refractivity contribution in [3.8, 4) is 5.75 Å². The fourth-order valence-electron chi connectivity index (χ4n) is 2.67. The maximum atomic E-state index is 13.3. The number of halogens is 2. The topological polar surface area (TPSA) is 47.6 Å². The molecule has 2 rings (SSSR count). The Labute approximate surface area is 159 Å². The van der Waals surface area contributed by atoms with Crippen LogP contribution in [0.3, 0.4) is 0 Å². The van der Waals surface area contributed by atoms with Gasteiger partial charge in [0.25, 0.3) is 0 Å². The number of carbonyl (C=O) groups is 1. The maximum absolute atomic E-state index is 13.3. The molecule has 1 aliphatic rings. The lowest BCUT2D eigenvalue weighted by Crippen LogP contribution is -2.42. The lowest BCUT2D eigenvalue weighted by molar-refractivity contribution is 0.0484. The highest BCUT2D eigenvalue weighted by atomic mass is 19.1. The minimum atomic E-state index is -0.709. The fraction of sp³-hybridized carbons (Fsp3) is 0.476. The molecular weight excluding hydrogens is 352 g/mol. The molecule has 6 heteroatoms. The molecule has 1 aromatic carbocycles. The summed E-state index contributed by atoms with van der Waals surface area (Å²) in [4.78, 5) is 12.1. The van der Waals surface area contributed by atoms with E-state index in [1.54, 1.807) is 20.8 Å². The van der Waals surface area contributed by atoms with Crippen LogP contribution in [0.5, 0.6) is 5.75 Å². The zero-order valence-electron chi connectivity index (χ0n) is 16.1. The molecule has 0 aromatic heterocycles. The Morgan fingerprint density at radius 3 is 2.48 bits per heavy atom. The third-order valence-electron chi connectivity index (χ3n) is 3.86. The van der Waals surface area contributed by atoms with Crippen LogP contribution in [0.1, 0.15) is 46.5 Å². The Hall–Kier alpha value is -2.37. The Morgan fingerprint density at radius 1 is 1.19 bits per heavy atom. The minimum Gasteiger partial charge on any atom is -0.491 e. The molecule has 0 saturated carbocycles. The highest BCUT2D eigenvalue weighted by Gasteiger charge is 2.20. The van der Waals surface area contributed by atoms with E-state index in [-0.39, 0.29) is 18.4 Å². The zero-order valence-corrected chi connectivity index (χ0v) is 16.1. The number of benzene rings is 1. The molecule has 0 radical (unpaired) electrons. The number of amides is 1. The van der Waals surface area contributed by atoms with E-state index in [0.717, 1.165) is 37.5 Å². The minimum absolute atomic E-state index is 0.0825. The van der Waals surface area contributed by atoms with Crippen molar-refractivity contribution in [3.63, 3.8) is 0 Å². The van der Waals surface area contributed by atoms with Gasteiger partial charge >= 0.3 is 6.09 Å². The zero-order chi connectivity index (χ0) is 19.9. The normalized spacial score (nSPS) is 15.1. The summed E-state index contributed by atoms with van der Waals surface area (Å²) in [6.07, 6.45) is 9.26. The van der Waals surface area contributed by atoms with E-state index >= 15 is 0 Å². The second kappa shape index (κ2) is 9.53. The van der Waals surface area contributed by atoms with E-state index < -0.39 is 23.3 Å². The first kappa shape index (κ1) is 20.9. The average molecular weight is 379 g/mol. The van der Waals surface area contributed by atoms with Crippen LogP contribution in [-0.2, 0) is 4.74 Å². The maximum Gasteiger partial charge on any atom is 0.407 e. The van der Waals surface area contributed by atoms with Crippen molar-refractivity contribution in [1.82, 2.24) is 5.32 Å². The first-order valence-electron chi connectivity index (χ1n) is 9.15. The Morgan fingerprint density at radius 2 is 1.89 bits per heavy atom. The molecule has 0 bridgehead atoms. The summed E-state index contributed by atoms with van der Waals surface area (Å²) >= 11 is 0. The molecule has 148 valence electrons. The molecule has 4 nitrogen and oxygen atoms in total. The van der Waals surface area contributed by atoms with Gasteiger partial charge in [-0.25, -0.2) is 13.6 Å². The van der Waals surface area contributed by atoms with E-state index in [1.165, 1.54) is 5.57 Å². The van der Waals surface area contributed by atoms with Crippen molar-refractivity contribution in [2.24, 2.45) is 0 Å². The van der Waals surface area contributed by atoms with Crippen molar-refractivity contribution in [2.45, 2.75) is 58.1 Å². The van der Waals surface area contributed by atoms with Gasteiger partial charge in [0.2, 0.25) is 0 Å². The number of nitrogens with one attached hydrogen (secondary N) is 1. The summed E-state index contributed by atoms with van der Waals surface area (Å²) in [6, 6.07) is 2.65. The molecule has 0 spiro atoms. The summed E-state index contributed by atoms with van der Waals surface area (Å²) in [7, 11) is 0. The summed E-state index contributed by atoms with van der Waals surface area (Å²) in [5.74, 6) is -1.33. The van der Waals surface area contributed by atoms with Crippen molar-refractivity contribution >= 4 is 6.09 Å². The van der Waals surface area contributed by atoms with Gasteiger partial charge in [0.05, 0.1) is 6.04 Å². The third-order valence-corrected chi connectivity index (χ3v) is 3.86. The molecule has 0 heterocycles. The fourth-order valence-corrected chi connectivity index (χ4v) is 2.67. The summed E-state index contributed by atoms with van der Waals surface area (Å²) in [5, 5.41) is 2.79. The molecular formula is C21H27F2NO3. The van der Waals surface area contributed by atoms with Gasteiger partial charge in [0.1, 0.15) is 29.6 Å². The van der Waals surface area contributed by atoms with Crippen LogP contribution in [-0.4, -0.2) is 24.3 Å². The highest BCUT2D eigenvalue weighted by molar-refractivity contribution is 5.68. The van der Waals surface area contributed by atoms with E-state index in [2.05, 4.69) is 23.5 Å². The van der Waals surface area contributed by atoms with E-state index in [9.17, 15) is 13.6 Å². The van der Waals surface area contributed by atoms with Crippen LogP contribution in [0.15, 0.2) is 42.0 Å². The summed E-state index contributed by atoms with van der Waals surface area (Å²) in [5.41, 5.74) is 0.588. The van der Waals surface area contributed by atoms with Gasteiger partial charge in [0, 0.05) is 18.2 Å². The Balaban J connectivity index is 1.97. The number of carbonyl (C=O) groups excluding carboxylic acids is 1. The first-order valence-corrected chi connectivity index (χ1v) is 9.15. The van der Waals surface area contributed by atoms with E-state index in [1.807, 2.05) is 0 Å². The molecule has 1 aromatic rings. The predicted octanol–water partition coefficient (Wildman–Crippen LogP) is 5.29. The summed E-state index contributed by atoms with van der Waals surface area (Å²) < 4.78 is 37.4.